The standard InChI is InChI=1S/C11H13FN2O/c12-9-3-1-8(2-4-9)11-7-10(5-6-13)15-14-11/h1-4,10H,5-7,13H2. The minimum Gasteiger partial charge on any atom is -0.392 e. The smallest absolute Gasteiger partial charge is 0.134 e. The molecule has 2 N–H and O–H groups in total. The summed E-state index contributed by atoms with van der Waals surface area (Å²) in [6, 6.07) is 6.27. The zero-order valence-electron chi connectivity index (χ0n) is 8.32. The van der Waals surface area contributed by atoms with E-state index in [2.05, 4.69) is 5.16 Å². The predicted octanol–water partition coefficient (Wildman–Crippen LogP) is 1.67. The van der Waals surface area contributed by atoms with Crippen LogP contribution in [0.3, 0.4) is 0 Å². The van der Waals surface area contributed by atoms with Crippen LogP contribution in [0, 0.1) is 5.82 Å². The molecule has 15 heavy (non-hydrogen) atoms. The van der Waals surface area contributed by atoms with E-state index in [0.717, 1.165) is 24.1 Å². The third-order valence-electron chi connectivity index (χ3n) is 2.40. The van der Waals surface area contributed by atoms with E-state index >= 15 is 0 Å². The maximum Gasteiger partial charge on any atom is 0.134 e. The minimum atomic E-state index is -0.239. The first-order chi connectivity index (χ1) is 7.29. The van der Waals surface area contributed by atoms with Crippen LogP contribution in [0.5, 0.6) is 0 Å². The molecule has 0 aliphatic carbocycles. The van der Waals surface area contributed by atoms with E-state index in [1.54, 1.807) is 12.1 Å². The third kappa shape index (κ3) is 2.33. The first kappa shape index (κ1) is 10.1. The van der Waals surface area contributed by atoms with Crippen LogP contribution in [0.4, 0.5) is 4.39 Å². The maximum atomic E-state index is 12.7. The van der Waals surface area contributed by atoms with Crippen LogP contribution in [-0.2, 0) is 4.84 Å². The van der Waals surface area contributed by atoms with Crippen LogP contribution in [-0.4, -0.2) is 18.4 Å². The van der Waals surface area contributed by atoms with Crippen LogP contribution in [0.1, 0.15) is 18.4 Å². The van der Waals surface area contributed by atoms with Gasteiger partial charge in [0.25, 0.3) is 0 Å². The third-order valence-corrected chi connectivity index (χ3v) is 2.40. The molecule has 0 fully saturated rings. The Hall–Kier alpha value is -1.42. The zero-order chi connectivity index (χ0) is 10.7. The Morgan fingerprint density at radius 2 is 2.13 bits per heavy atom. The molecule has 0 saturated heterocycles. The summed E-state index contributed by atoms with van der Waals surface area (Å²) < 4.78 is 12.7. The van der Waals surface area contributed by atoms with E-state index in [-0.39, 0.29) is 11.9 Å². The number of hydrogen-bond donors (Lipinski definition) is 1. The molecule has 4 heteroatoms. The molecule has 80 valence electrons. The van der Waals surface area contributed by atoms with E-state index in [4.69, 9.17) is 10.6 Å². The van der Waals surface area contributed by atoms with Crippen LogP contribution in [0.25, 0.3) is 0 Å². The second-order valence-corrected chi connectivity index (χ2v) is 3.55. The number of nitrogens with two attached hydrogens (primary N) is 1. The summed E-state index contributed by atoms with van der Waals surface area (Å²) >= 11 is 0. The predicted molar refractivity (Wildman–Crippen MR) is 56.1 cm³/mol. The van der Waals surface area contributed by atoms with Gasteiger partial charge >= 0.3 is 0 Å². The fourth-order valence-corrected chi connectivity index (χ4v) is 1.58. The number of halogens is 1. The van der Waals surface area contributed by atoms with Crippen LogP contribution < -0.4 is 5.73 Å². The Labute approximate surface area is 87.7 Å². The van der Waals surface area contributed by atoms with Crippen molar-refractivity contribution < 1.29 is 9.23 Å². The van der Waals surface area contributed by atoms with Gasteiger partial charge < -0.3 is 10.6 Å². The highest BCUT2D eigenvalue weighted by molar-refractivity contribution is 6.01. The second-order valence-electron chi connectivity index (χ2n) is 3.55. The molecule has 0 saturated carbocycles. The van der Waals surface area contributed by atoms with Crippen molar-refractivity contribution in [2.24, 2.45) is 10.9 Å². The van der Waals surface area contributed by atoms with Crippen molar-refractivity contribution in [3.05, 3.63) is 35.6 Å². The molecule has 1 atom stereocenters. The SMILES string of the molecule is NCCC1CC(c2ccc(F)cc2)=NO1. The first-order valence-corrected chi connectivity index (χ1v) is 4.98. The van der Waals surface area contributed by atoms with Gasteiger partial charge in [0.2, 0.25) is 0 Å². The van der Waals surface area contributed by atoms with Gasteiger partial charge in [-0.1, -0.05) is 17.3 Å². The summed E-state index contributed by atoms with van der Waals surface area (Å²) in [6.45, 7) is 0.594. The minimum absolute atomic E-state index is 0.0788. The monoisotopic (exact) mass is 208 g/mol. The van der Waals surface area contributed by atoms with Crippen LogP contribution in [0.15, 0.2) is 29.4 Å². The number of oxime groups is 1. The van der Waals surface area contributed by atoms with Crippen molar-refractivity contribution in [2.75, 3.05) is 6.54 Å². The molecular formula is C11H13FN2O. The fraction of sp³-hybridized carbons (Fsp3) is 0.364. The Bertz CT molecular complexity index is 361. The number of nitrogens with zero attached hydrogens (tertiary/aromatic N) is 1. The van der Waals surface area contributed by atoms with E-state index in [1.165, 1.54) is 12.1 Å². The van der Waals surface area contributed by atoms with Gasteiger partial charge in [-0.2, -0.15) is 0 Å². The Morgan fingerprint density at radius 1 is 1.40 bits per heavy atom. The molecule has 2 rings (SSSR count). The lowest BCUT2D eigenvalue weighted by Crippen LogP contribution is -2.14. The Morgan fingerprint density at radius 3 is 2.80 bits per heavy atom. The Balaban J connectivity index is 2.04. The quantitative estimate of drug-likeness (QED) is 0.821. The lowest BCUT2D eigenvalue weighted by Gasteiger charge is -2.04. The van der Waals surface area contributed by atoms with Gasteiger partial charge in [-0.05, 0) is 30.7 Å². The summed E-state index contributed by atoms with van der Waals surface area (Å²) in [5, 5.41) is 3.97. The molecule has 1 aliphatic heterocycles. The fourth-order valence-electron chi connectivity index (χ4n) is 1.58. The number of rotatable bonds is 3. The van der Waals surface area contributed by atoms with Gasteiger partial charge in [-0.15, -0.1) is 0 Å². The van der Waals surface area contributed by atoms with Gasteiger partial charge in [0, 0.05) is 6.42 Å². The van der Waals surface area contributed by atoms with E-state index in [9.17, 15) is 4.39 Å². The van der Waals surface area contributed by atoms with Crippen LogP contribution in [0.2, 0.25) is 0 Å². The lowest BCUT2D eigenvalue weighted by atomic mass is 10.0. The molecule has 0 radical (unpaired) electrons. The van der Waals surface area contributed by atoms with Gasteiger partial charge in [-0.3, -0.25) is 0 Å². The van der Waals surface area contributed by atoms with Gasteiger partial charge in [0.05, 0.1) is 5.71 Å². The molecule has 0 amide bonds. The topological polar surface area (TPSA) is 47.6 Å². The number of benzene rings is 1. The molecule has 0 aromatic heterocycles. The maximum absolute atomic E-state index is 12.7. The highest BCUT2D eigenvalue weighted by Crippen LogP contribution is 2.18. The van der Waals surface area contributed by atoms with Gasteiger partial charge in [0.15, 0.2) is 0 Å². The Kier molecular flexibility index (Phi) is 2.97. The average molecular weight is 208 g/mol. The summed E-state index contributed by atoms with van der Waals surface area (Å²) in [6.07, 6.45) is 1.63. The van der Waals surface area contributed by atoms with Crippen molar-refractivity contribution in [3.63, 3.8) is 0 Å². The van der Waals surface area contributed by atoms with E-state index < -0.39 is 0 Å². The summed E-state index contributed by atoms with van der Waals surface area (Å²) in [7, 11) is 0. The molecule has 0 bridgehead atoms. The normalized spacial score (nSPS) is 19.9. The lowest BCUT2D eigenvalue weighted by molar-refractivity contribution is 0.0810. The number of hydrogen-bond acceptors (Lipinski definition) is 3. The summed E-state index contributed by atoms with van der Waals surface area (Å²) in [4.78, 5) is 5.20. The summed E-state index contributed by atoms with van der Waals surface area (Å²) in [5.74, 6) is -0.239. The molecule has 1 aliphatic rings. The van der Waals surface area contributed by atoms with Crippen molar-refractivity contribution >= 4 is 5.71 Å². The molecule has 1 aromatic rings. The van der Waals surface area contributed by atoms with Gasteiger partial charge in [-0.25, -0.2) is 4.39 Å². The zero-order valence-corrected chi connectivity index (χ0v) is 8.32. The van der Waals surface area contributed by atoms with Crippen LogP contribution >= 0.6 is 0 Å². The molecule has 3 nitrogen and oxygen atoms in total. The molecule has 1 aromatic carbocycles. The molecule has 1 heterocycles. The largest absolute Gasteiger partial charge is 0.392 e. The highest BCUT2D eigenvalue weighted by atomic mass is 19.1. The van der Waals surface area contributed by atoms with Crippen molar-refractivity contribution in [1.29, 1.82) is 0 Å². The second kappa shape index (κ2) is 4.40. The average Bonchev–Trinajstić information content (AvgIpc) is 2.68. The van der Waals surface area contributed by atoms with E-state index in [1.807, 2.05) is 0 Å². The first-order valence-electron chi connectivity index (χ1n) is 4.98. The summed E-state index contributed by atoms with van der Waals surface area (Å²) in [5.41, 5.74) is 7.21. The molecule has 0 spiro atoms. The van der Waals surface area contributed by atoms with Gasteiger partial charge in [0.1, 0.15) is 11.9 Å². The molecule has 1 unspecified atom stereocenters. The van der Waals surface area contributed by atoms with E-state index in [0.29, 0.717) is 6.54 Å². The van der Waals surface area contributed by atoms with Crippen molar-refractivity contribution in [3.8, 4) is 0 Å². The molecular weight excluding hydrogens is 195 g/mol. The van der Waals surface area contributed by atoms with Crippen molar-refractivity contribution in [2.45, 2.75) is 18.9 Å². The van der Waals surface area contributed by atoms with Crippen molar-refractivity contribution in [1.82, 2.24) is 0 Å². The highest BCUT2D eigenvalue weighted by Gasteiger charge is 2.21.